The van der Waals surface area contributed by atoms with Crippen molar-refractivity contribution >= 4 is 21.4 Å². The Morgan fingerprint density at radius 2 is 1.44 bits per heavy atom. The Hall–Kier alpha value is -2.86. The van der Waals surface area contributed by atoms with Gasteiger partial charge in [0.2, 0.25) is 0 Å². The van der Waals surface area contributed by atoms with Crippen molar-refractivity contribution in [2.45, 2.75) is 11.4 Å². The average molecular weight is 356 g/mol. The second-order valence-corrected chi connectivity index (χ2v) is 7.38. The van der Waals surface area contributed by atoms with E-state index < -0.39 is 15.8 Å². The van der Waals surface area contributed by atoms with E-state index in [1.165, 1.54) is 42.5 Å². The molecule has 0 radical (unpaired) electrons. The third kappa shape index (κ3) is 3.64. The van der Waals surface area contributed by atoms with Gasteiger partial charge in [0.1, 0.15) is 5.82 Å². The monoisotopic (exact) mass is 356 g/mol. The summed E-state index contributed by atoms with van der Waals surface area (Å²) in [5.41, 5.74) is 6.85. The summed E-state index contributed by atoms with van der Waals surface area (Å²) in [4.78, 5) is 0.0564. The van der Waals surface area contributed by atoms with E-state index in [1.54, 1.807) is 18.2 Å². The van der Waals surface area contributed by atoms with E-state index in [2.05, 4.69) is 0 Å². The van der Waals surface area contributed by atoms with Crippen LogP contribution in [0.5, 0.6) is 0 Å². The number of nitrogens with zero attached hydrogens (tertiary/aromatic N) is 1. The van der Waals surface area contributed by atoms with Gasteiger partial charge in [0.05, 0.1) is 17.1 Å². The van der Waals surface area contributed by atoms with Crippen molar-refractivity contribution in [3.05, 3.63) is 90.2 Å². The molecule has 0 aliphatic heterocycles. The first-order chi connectivity index (χ1) is 12.0. The van der Waals surface area contributed by atoms with E-state index in [0.29, 0.717) is 5.69 Å². The van der Waals surface area contributed by atoms with Crippen LogP contribution in [0, 0.1) is 5.82 Å². The molecular weight excluding hydrogens is 339 g/mol. The quantitative estimate of drug-likeness (QED) is 0.707. The van der Waals surface area contributed by atoms with Crippen LogP contribution in [0.25, 0.3) is 0 Å². The smallest absolute Gasteiger partial charge is 0.264 e. The molecular formula is C19H17FN2O2S. The van der Waals surface area contributed by atoms with E-state index in [0.717, 1.165) is 9.87 Å². The van der Waals surface area contributed by atoms with Gasteiger partial charge in [0.15, 0.2) is 0 Å². The predicted octanol–water partition coefficient (Wildman–Crippen LogP) is 3.80. The molecule has 0 aliphatic rings. The molecule has 0 aliphatic carbocycles. The Bertz CT molecular complexity index is 958. The minimum absolute atomic E-state index is 0.00294. The van der Waals surface area contributed by atoms with Crippen LogP contribution in [0.2, 0.25) is 0 Å². The zero-order valence-corrected chi connectivity index (χ0v) is 14.2. The molecule has 0 spiro atoms. The second-order valence-electron chi connectivity index (χ2n) is 5.52. The van der Waals surface area contributed by atoms with Crippen LogP contribution < -0.4 is 10.0 Å². The Labute approximate surface area is 146 Å². The number of nitrogen functional groups attached to an aromatic ring is 1. The molecule has 3 aromatic carbocycles. The van der Waals surface area contributed by atoms with Gasteiger partial charge in [-0.3, -0.25) is 4.31 Å². The first-order valence-corrected chi connectivity index (χ1v) is 9.09. The molecule has 0 aromatic heterocycles. The fourth-order valence-electron chi connectivity index (χ4n) is 2.47. The number of hydrogen-bond acceptors (Lipinski definition) is 3. The van der Waals surface area contributed by atoms with Crippen LogP contribution in [-0.2, 0) is 16.6 Å². The van der Waals surface area contributed by atoms with Crippen LogP contribution in [0.4, 0.5) is 15.8 Å². The summed E-state index contributed by atoms with van der Waals surface area (Å²) in [6.45, 7) is 0.0223. The first kappa shape index (κ1) is 17.0. The molecule has 3 rings (SSSR count). The molecule has 25 heavy (non-hydrogen) atoms. The van der Waals surface area contributed by atoms with Crippen molar-refractivity contribution in [2.24, 2.45) is 0 Å². The lowest BCUT2D eigenvalue weighted by atomic mass is 10.2. The van der Waals surface area contributed by atoms with Gasteiger partial charge in [-0.25, -0.2) is 12.8 Å². The predicted molar refractivity (Wildman–Crippen MR) is 97.1 cm³/mol. The maximum Gasteiger partial charge on any atom is 0.264 e. The number of anilines is 2. The summed E-state index contributed by atoms with van der Waals surface area (Å²) in [5, 5.41) is 0. The summed E-state index contributed by atoms with van der Waals surface area (Å²) in [5.74, 6) is -0.600. The third-order valence-corrected chi connectivity index (χ3v) is 5.53. The molecule has 128 valence electrons. The summed E-state index contributed by atoms with van der Waals surface area (Å²) in [6, 6.07) is 20.7. The number of hydrogen-bond donors (Lipinski definition) is 1. The van der Waals surface area contributed by atoms with Crippen LogP contribution in [0.3, 0.4) is 0 Å². The lowest BCUT2D eigenvalue weighted by molar-refractivity contribution is 0.584. The summed E-state index contributed by atoms with van der Waals surface area (Å²) < 4.78 is 41.6. The van der Waals surface area contributed by atoms with Crippen molar-refractivity contribution < 1.29 is 12.8 Å². The van der Waals surface area contributed by atoms with Gasteiger partial charge in [0, 0.05) is 5.69 Å². The highest BCUT2D eigenvalue weighted by Crippen LogP contribution is 2.28. The molecule has 3 aromatic rings. The van der Waals surface area contributed by atoms with Crippen LogP contribution in [0.15, 0.2) is 83.8 Å². The maximum atomic E-state index is 14.3. The van der Waals surface area contributed by atoms with Crippen molar-refractivity contribution in [1.29, 1.82) is 0 Å². The maximum absolute atomic E-state index is 14.3. The standard InChI is InChI=1S/C19H17FN2O2S/c20-18-8-4-5-9-19(18)22(14-15-6-2-1-3-7-15)25(23,24)17-12-10-16(21)11-13-17/h1-13H,14,21H2. The average Bonchev–Trinajstić information content (AvgIpc) is 2.62. The van der Waals surface area contributed by atoms with Crippen LogP contribution in [0.1, 0.15) is 5.56 Å². The van der Waals surface area contributed by atoms with E-state index in [-0.39, 0.29) is 17.1 Å². The molecule has 0 bridgehead atoms. The van der Waals surface area contributed by atoms with Crippen molar-refractivity contribution in [3.63, 3.8) is 0 Å². The molecule has 0 unspecified atom stereocenters. The van der Waals surface area contributed by atoms with E-state index in [4.69, 9.17) is 5.73 Å². The molecule has 6 heteroatoms. The number of para-hydroxylation sites is 1. The Balaban J connectivity index is 2.10. The van der Waals surface area contributed by atoms with Gasteiger partial charge in [-0.1, -0.05) is 42.5 Å². The third-order valence-electron chi connectivity index (χ3n) is 3.76. The lowest BCUT2D eigenvalue weighted by Crippen LogP contribution is -2.31. The minimum atomic E-state index is -3.95. The van der Waals surface area contributed by atoms with Crippen molar-refractivity contribution in [2.75, 3.05) is 10.0 Å². The number of rotatable bonds is 5. The summed E-state index contributed by atoms with van der Waals surface area (Å²) in [6.07, 6.45) is 0. The van der Waals surface area contributed by atoms with Gasteiger partial charge < -0.3 is 5.73 Å². The minimum Gasteiger partial charge on any atom is -0.399 e. The van der Waals surface area contributed by atoms with Gasteiger partial charge in [0.25, 0.3) is 10.0 Å². The second kappa shape index (κ2) is 6.94. The van der Waals surface area contributed by atoms with Crippen LogP contribution in [-0.4, -0.2) is 8.42 Å². The molecule has 0 amide bonds. The summed E-state index contributed by atoms with van der Waals surface area (Å²) >= 11 is 0. The van der Waals surface area contributed by atoms with Crippen molar-refractivity contribution in [1.82, 2.24) is 0 Å². The topological polar surface area (TPSA) is 63.4 Å². The molecule has 0 fully saturated rings. The molecule has 0 saturated carbocycles. The molecule has 0 atom stereocenters. The normalized spacial score (nSPS) is 11.2. The Kier molecular flexibility index (Phi) is 4.72. The zero-order valence-electron chi connectivity index (χ0n) is 13.3. The highest BCUT2D eigenvalue weighted by Gasteiger charge is 2.27. The number of benzene rings is 3. The first-order valence-electron chi connectivity index (χ1n) is 7.65. The number of nitrogens with two attached hydrogens (primary N) is 1. The number of sulfonamides is 1. The van der Waals surface area contributed by atoms with E-state index >= 15 is 0 Å². The molecule has 0 heterocycles. The zero-order chi connectivity index (χ0) is 17.9. The van der Waals surface area contributed by atoms with Crippen LogP contribution >= 0.6 is 0 Å². The van der Waals surface area contributed by atoms with E-state index in [9.17, 15) is 12.8 Å². The van der Waals surface area contributed by atoms with Crippen molar-refractivity contribution in [3.8, 4) is 0 Å². The van der Waals surface area contributed by atoms with Gasteiger partial charge >= 0.3 is 0 Å². The lowest BCUT2D eigenvalue weighted by Gasteiger charge is -2.25. The highest BCUT2D eigenvalue weighted by atomic mass is 32.2. The van der Waals surface area contributed by atoms with E-state index in [1.807, 2.05) is 18.2 Å². The Morgan fingerprint density at radius 3 is 2.08 bits per heavy atom. The summed E-state index contributed by atoms with van der Waals surface area (Å²) in [7, 11) is -3.95. The largest absolute Gasteiger partial charge is 0.399 e. The number of halogens is 1. The van der Waals surface area contributed by atoms with Gasteiger partial charge in [-0.05, 0) is 42.0 Å². The fourth-order valence-corrected chi connectivity index (χ4v) is 3.93. The Morgan fingerprint density at radius 1 is 0.840 bits per heavy atom. The fraction of sp³-hybridized carbons (Fsp3) is 0.0526. The SMILES string of the molecule is Nc1ccc(S(=O)(=O)N(Cc2ccccc2)c2ccccc2F)cc1. The highest BCUT2D eigenvalue weighted by molar-refractivity contribution is 7.92. The molecule has 2 N–H and O–H groups in total. The van der Waals surface area contributed by atoms with Gasteiger partial charge in [-0.2, -0.15) is 0 Å². The molecule has 0 saturated heterocycles. The van der Waals surface area contributed by atoms with Gasteiger partial charge in [-0.15, -0.1) is 0 Å². The molecule has 4 nitrogen and oxygen atoms in total.